The normalized spacial score (nSPS) is 12.8. The van der Waals surface area contributed by atoms with Crippen molar-refractivity contribution in [2.45, 2.75) is 45.6 Å². The summed E-state index contributed by atoms with van der Waals surface area (Å²) in [5, 5.41) is 3.19. The highest BCUT2D eigenvalue weighted by Crippen LogP contribution is 2.22. The maximum absolute atomic E-state index is 12.9. The molecule has 1 N–H and O–H groups in total. The first-order chi connectivity index (χ1) is 12.3. The average Bonchev–Trinajstić information content (AvgIpc) is 2.66. The van der Waals surface area contributed by atoms with Crippen LogP contribution in [-0.2, 0) is 16.6 Å². The largest absolute Gasteiger partial charge is 0.354 e. The molecule has 0 saturated heterocycles. The van der Waals surface area contributed by atoms with Gasteiger partial charge in [0, 0.05) is 12.0 Å². The minimum atomic E-state index is -0.158. The molecule has 0 spiro atoms. The summed E-state index contributed by atoms with van der Waals surface area (Å²) >= 11 is 0. The SMILES string of the molecule is CCN(C)C(Cc1ccc(C)cc1)C(=O)NCC(C)(C)c1ccccc1. The molecule has 0 radical (unpaired) electrons. The van der Waals surface area contributed by atoms with Crippen molar-refractivity contribution in [1.82, 2.24) is 10.2 Å². The molecule has 1 unspecified atom stereocenters. The second-order valence-corrected chi connectivity index (χ2v) is 7.75. The summed E-state index contributed by atoms with van der Waals surface area (Å²) in [6.45, 7) is 9.97. The van der Waals surface area contributed by atoms with Gasteiger partial charge in [-0.1, -0.05) is 80.9 Å². The molecule has 26 heavy (non-hydrogen) atoms. The van der Waals surface area contributed by atoms with Crippen molar-refractivity contribution < 1.29 is 4.79 Å². The fourth-order valence-electron chi connectivity index (χ4n) is 3.03. The molecule has 2 rings (SSSR count). The van der Waals surface area contributed by atoms with Gasteiger partial charge in [-0.2, -0.15) is 0 Å². The van der Waals surface area contributed by atoms with E-state index in [1.165, 1.54) is 16.7 Å². The topological polar surface area (TPSA) is 32.3 Å². The van der Waals surface area contributed by atoms with Crippen LogP contribution in [-0.4, -0.2) is 37.0 Å². The molecule has 2 aromatic carbocycles. The molecular weight excluding hydrogens is 320 g/mol. The van der Waals surface area contributed by atoms with Gasteiger partial charge in [-0.15, -0.1) is 0 Å². The van der Waals surface area contributed by atoms with Crippen LogP contribution in [0.4, 0.5) is 0 Å². The highest BCUT2D eigenvalue weighted by molar-refractivity contribution is 5.82. The van der Waals surface area contributed by atoms with Crippen molar-refractivity contribution >= 4 is 5.91 Å². The molecule has 0 saturated carbocycles. The summed E-state index contributed by atoms with van der Waals surface area (Å²) in [7, 11) is 2.01. The Morgan fingerprint density at radius 3 is 2.27 bits per heavy atom. The molecule has 0 bridgehead atoms. The van der Waals surface area contributed by atoms with Gasteiger partial charge in [0.25, 0.3) is 0 Å². The molecule has 0 aliphatic heterocycles. The number of benzene rings is 2. The van der Waals surface area contributed by atoms with Gasteiger partial charge in [-0.3, -0.25) is 9.69 Å². The highest BCUT2D eigenvalue weighted by Gasteiger charge is 2.26. The van der Waals surface area contributed by atoms with Gasteiger partial charge in [-0.05, 0) is 38.1 Å². The van der Waals surface area contributed by atoms with Crippen molar-refractivity contribution in [3.8, 4) is 0 Å². The Hall–Kier alpha value is -2.13. The number of carbonyl (C=O) groups excluding carboxylic acids is 1. The zero-order valence-electron chi connectivity index (χ0n) is 16.8. The van der Waals surface area contributed by atoms with E-state index in [0.717, 1.165) is 13.0 Å². The molecule has 3 nitrogen and oxygen atoms in total. The molecule has 1 atom stereocenters. The van der Waals surface area contributed by atoms with Crippen LogP contribution >= 0.6 is 0 Å². The smallest absolute Gasteiger partial charge is 0.237 e. The van der Waals surface area contributed by atoms with Crippen LogP contribution in [0.3, 0.4) is 0 Å². The third-order valence-corrected chi connectivity index (χ3v) is 5.14. The van der Waals surface area contributed by atoms with E-state index in [2.05, 4.69) is 74.3 Å². The Kier molecular flexibility index (Phi) is 6.98. The predicted octanol–water partition coefficient (Wildman–Crippen LogP) is 3.95. The van der Waals surface area contributed by atoms with Crippen molar-refractivity contribution in [2.75, 3.05) is 20.1 Å². The van der Waals surface area contributed by atoms with E-state index >= 15 is 0 Å². The third kappa shape index (κ3) is 5.43. The van der Waals surface area contributed by atoms with Crippen LogP contribution < -0.4 is 5.32 Å². The number of amides is 1. The number of aryl methyl sites for hydroxylation is 1. The van der Waals surface area contributed by atoms with Crippen LogP contribution in [0.25, 0.3) is 0 Å². The maximum Gasteiger partial charge on any atom is 0.237 e. The number of hydrogen-bond acceptors (Lipinski definition) is 2. The van der Waals surface area contributed by atoms with Crippen molar-refractivity contribution in [2.24, 2.45) is 0 Å². The first-order valence-electron chi connectivity index (χ1n) is 9.42. The van der Waals surface area contributed by atoms with E-state index in [-0.39, 0.29) is 17.4 Å². The van der Waals surface area contributed by atoms with Gasteiger partial charge in [0.05, 0.1) is 6.04 Å². The summed E-state index contributed by atoms with van der Waals surface area (Å²) in [5.74, 6) is 0.0962. The van der Waals surface area contributed by atoms with E-state index in [1.54, 1.807) is 0 Å². The van der Waals surface area contributed by atoms with Crippen LogP contribution in [0.2, 0.25) is 0 Å². The Labute approximate surface area is 158 Å². The van der Waals surface area contributed by atoms with E-state index in [1.807, 2.05) is 25.2 Å². The number of hydrogen-bond donors (Lipinski definition) is 1. The lowest BCUT2D eigenvalue weighted by Gasteiger charge is -2.30. The molecule has 0 fully saturated rings. The van der Waals surface area contributed by atoms with E-state index in [0.29, 0.717) is 6.54 Å². The summed E-state index contributed by atoms with van der Waals surface area (Å²) in [4.78, 5) is 15.1. The molecule has 3 heteroatoms. The second-order valence-electron chi connectivity index (χ2n) is 7.75. The van der Waals surface area contributed by atoms with Gasteiger partial charge in [-0.25, -0.2) is 0 Å². The lowest BCUT2D eigenvalue weighted by molar-refractivity contribution is -0.126. The Morgan fingerprint density at radius 2 is 1.69 bits per heavy atom. The summed E-state index contributed by atoms with van der Waals surface area (Å²) in [6.07, 6.45) is 0.724. The van der Waals surface area contributed by atoms with Crippen LogP contribution in [0.15, 0.2) is 54.6 Å². The van der Waals surface area contributed by atoms with Gasteiger partial charge >= 0.3 is 0 Å². The minimum absolute atomic E-state index is 0.0962. The number of carbonyl (C=O) groups is 1. The van der Waals surface area contributed by atoms with Gasteiger partial charge in [0.1, 0.15) is 0 Å². The molecule has 0 aliphatic rings. The lowest BCUT2D eigenvalue weighted by atomic mass is 9.84. The monoisotopic (exact) mass is 352 g/mol. The Balaban J connectivity index is 2.05. The molecule has 0 aliphatic carbocycles. The second kappa shape index (κ2) is 9.00. The van der Waals surface area contributed by atoms with Crippen molar-refractivity contribution in [3.05, 3.63) is 71.3 Å². The van der Waals surface area contributed by atoms with E-state index in [4.69, 9.17) is 0 Å². The van der Waals surface area contributed by atoms with Crippen molar-refractivity contribution in [3.63, 3.8) is 0 Å². The minimum Gasteiger partial charge on any atom is -0.354 e. The molecule has 0 aromatic heterocycles. The summed E-state index contributed by atoms with van der Waals surface area (Å²) in [6, 6.07) is 18.6. The molecule has 140 valence electrons. The zero-order valence-corrected chi connectivity index (χ0v) is 16.8. The average molecular weight is 353 g/mol. The lowest BCUT2D eigenvalue weighted by Crippen LogP contribution is -2.49. The van der Waals surface area contributed by atoms with Crippen LogP contribution in [0, 0.1) is 6.92 Å². The molecule has 0 heterocycles. The number of nitrogens with one attached hydrogen (secondary N) is 1. The fourth-order valence-corrected chi connectivity index (χ4v) is 3.03. The first kappa shape index (κ1) is 20.2. The highest BCUT2D eigenvalue weighted by atomic mass is 16.2. The quantitative estimate of drug-likeness (QED) is 0.780. The van der Waals surface area contributed by atoms with Crippen molar-refractivity contribution in [1.29, 1.82) is 0 Å². The van der Waals surface area contributed by atoms with E-state index < -0.39 is 0 Å². The first-order valence-corrected chi connectivity index (χ1v) is 9.42. The number of nitrogens with zero attached hydrogens (tertiary/aromatic N) is 1. The zero-order chi connectivity index (χ0) is 19.2. The van der Waals surface area contributed by atoms with Gasteiger partial charge < -0.3 is 5.32 Å². The molecular formula is C23H32N2O. The maximum atomic E-state index is 12.9. The predicted molar refractivity (Wildman–Crippen MR) is 109 cm³/mol. The number of rotatable bonds is 8. The van der Waals surface area contributed by atoms with Gasteiger partial charge in [0.15, 0.2) is 0 Å². The van der Waals surface area contributed by atoms with Crippen LogP contribution in [0.5, 0.6) is 0 Å². The third-order valence-electron chi connectivity index (χ3n) is 5.14. The summed E-state index contributed by atoms with van der Waals surface area (Å²) < 4.78 is 0. The standard InChI is InChI=1S/C23H32N2O/c1-6-25(5)21(16-19-14-12-18(2)13-15-19)22(26)24-17-23(3,4)20-10-8-7-9-11-20/h7-15,21H,6,16-17H2,1-5H3,(H,24,26). The molecule has 2 aromatic rings. The molecule has 1 amide bonds. The van der Waals surface area contributed by atoms with E-state index in [9.17, 15) is 4.79 Å². The summed E-state index contributed by atoms with van der Waals surface area (Å²) in [5.41, 5.74) is 3.57. The van der Waals surface area contributed by atoms with Gasteiger partial charge in [0.2, 0.25) is 5.91 Å². The number of likely N-dealkylation sites (N-methyl/N-ethyl adjacent to an activating group) is 1. The Morgan fingerprint density at radius 1 is 1.08 bits per heavy atom. The van der Waals surface area contributed by atoms with Crippen LogP contribution in [0.1, 0.15) is 37.5 Å². The Bertz CT molecular complexity index is 692. The fraction of sp³-hybridized carbons (Fsp3) is 0.435.